The van der Waals surface area contributed by atoms with E-state index in [2.05, 4.69) is 0 Å². The van der Waals surface area contributed by atoms with Crippen LogP contribution in [0.4, 0.5) is 15.8 Å². The van der Waals surface area contributed by atoms with Gasteiger partial charge in [-0.3, -0.25) is 9.59 Å². The minimum absolute atomic E-state index is 0.154. The van der Waals surface area contributed by atoms with Crippen LogP contribution in [0.2, 0.25) is 0 Å². The zero-order valence-electron chi connectivity index (χ0n) is 14.0. The lowest BCUT2D eigenvalue weighted by atomic mass is 10.1. The van der Waals surface area contributed by atoms with Gasteiger partial charge in [0.05, 0.1) is 12.1 Å². The second-order valence-electron chi connectivity index (χ2n) is 6.17. The van der Waals surface area contributed by atoms with Crippen LogP contribution in [0.25, 0.3) is 0 Å². The zero-order valence-corrected chi connectivity index (χ0v) is 14.0. The molecule has 25 heavy (non-hydrogen) atoms. The molecule has 2 amide bonds. The highest BCUT2D eigenvalue weighted by molar-refractivity contribution is 6.01. The molecule has 1 saturated heterocycles. The maximum absolute atomic E-state index is 13.9. The molecule has 0 aromatic heterocycles. The maximum Gasteiger partial charge on any atom is 0.249 e. The molecular weight excluding hydrogens is 321 g/mol. The molecule has 6 heteroatoms. The van der Waals surface area contributed by atoms with Crippen molar-refractivity contribution in [3.63, 3.8) is 0 Å². The van der Waals surface area contributed by atoms with Gasteiger partial charge in [-0.25, -0.2) is 4.39 Å². The van der Waals surface area contributed by atoms with Crippen LogP contribution in [0.15, 0.2) is 48.5 Å². The van der Waals surface area contributed by atoms with Crippen LogP contribution in [0.3, 0.4) is 0 Å². The average molecular weight is 341 g/mol. The Balaban J connectivity index is 1.69. The van der Waals surface area contributed by atoms with E-state index in [9.17, 15) is 14.0 Å². The van der Waals surface area contributed by atoms with E-state index in [1.54, 1.807) is 49.5 Å². The summed E-state index contributed by atoms with van der Waals surface area (Å²) in [4.78, 5) is 28.0. The molecule has 0 spiro atoms. The topological polar surface area (TPSA) is 66.6 Å². The molecule has 1 atom stereocenters. The molecule has 130 valence electrons. The number of carbonyl (C=O) groups excluding carboxylic acids is 2. The van der Waals surface area contributed by atoms with Crippen LogP contribution in [0.1, 0.15) is 12.0 Å². The molecule has 0 bridgehead atoms. The molecule has 0 saturated carbocycles. The Kier molecular flexibility index (Phi) is 4.70. The second kappa shape index (κ2) is 6.93. The van der Waals surface area contributed by atoms with Gasteiger partial charge in [0.15, 0.2) is 0 Å². The van der Waals surface area contributed by atoms with Gasteiger partial charge in [0.2, 0.25) is 11.8 Å². The SMILES string of the molecule is CN(C(=O)Cc1ccc(N)cc1)C1CCN(c2ccccc2F)C1=O. The fourth-order valence-corrected chi connectivity index (χ4v) is 3.04. The van der Waals surface area contributed by atoms with Gasteiger partial charge >= 0.3 is 0 Å². The quantitative estimate of drug-likeness (QED) is 0.867. The van der Waals surface area contributed by atoms with Crippen LogP contribution in [-0.4, -0.2) is 36.3 Å². The second-order valence-corrected chi connectivity index (χ2v) is 6.17. The van der Waals surface area contributed by atoms with Gasteiger partial charge in [-0.2, -0.15) is 0 Å². The molecule has 5 nitrogen and oxygen atoms in total. The molecule has 1 unspecified atom stereocenters. The lowest BCUT2D eigenvalue weighted by Crippen LogP contribution is -2.43. The number of amides is 2. The summed E-state index contributed by atoms with van der Waals surface area (Å²) in [6, 6.07) is 12.7. The molecule has 2 aromatic rings. The van der Waals surface area contributed by atoms with E-state index in [4.69, 9.17) is 5.73 Å². The predicted molar refractivity (Wildman–Crippen MR) is 94.5 cm³/mol. The number of likely N-dealkylation sites (N-methyl/N-ethyl adjacent to an activating group) is 1. The van der Waals surface area contributed by atoms with Crippen molar-refractivity contribution in [2.45, 2.75) is 18.9 Å². The Morgan fingerprint density at radius 2 is 1.92 bits per heavy atom. The molecule has 0 radical (unpaired) electrons. The number of hydrogen-bond acceptors (Lipinski definition) is 3. The van der Waals surface area contributed by atoms with Gasteiger partial charge < -0.3 is 15.5 Å². The van der Waals surface area contributed by atoms with Crippen molar-refractivity contribution in [3.05, 3.63) is 59.9 Å². The number of nitrogen functional groups attached to an aromatic ring is 1. The van der Waals surface area contributed by atoms with E-state index < -0.39 is 11.9 Å². The minimum Gasteiger partial charge on any atom is -0.399 e. The Bertz CT molecular complexity index is 792. The number of anilines is 2. The summed E-state index contributed by atoms with van der Waals surface area (Å²) < 4.78 is 13.9. The molecule has 1 aliphatic heterocycles. The number of rotatable bonds is 4. The van der Waals surface area contributed by atoms with Gasteiger partial charge in [0, 0.05) is 19.3 Å². The van der Waals surface area contributed by atoms with Gasteiger partial charge in [-0.05, 0) is 36.2 Å². The third-order valence-electron chi connectivity index (χ3n) is 4.52. The summed E-state index contributed by atoms with van der Waals surface area (Å²) in [6.07, 6.45) is 0.678. The highest BCUT2D eigenvalue weighted by Crippen LogP contribution is 2.26. The number of halogens is 1. The number of nitrogens with zero attached hydrogens (tertiary/aromatic N) is 2. The van der Waals surface area contributed by atoms with Crippen molar-refractivity contribution in [3.8, 4) is 0 Å². The van der Waals surface area contributed by atoms with E-state index in [0.717, 1.165) is 5.56 Å². The first-order chi connectivity index (χ1) is 12.0. The Hall–Kier alpha value is -2.89. The first kappa shape index (κ1) is 17.0. The van der Waals surface area contributed by atoms with Gasteiger partial charge in [-0.15, -0.1) is 0 Å². The number of hydrogen-bond donors (Lipinski definition) is 1. The first-order valence-electron chi connectivity index (χ1n) is 8.13. The standard InChI is InChI=1S/C19H20FN3O2/c1-22(18(24)12-13-6-8-14(21)9-7-13)17-10-11-23(19(17)25)16-5-3-2-4-15(16)20/h2-9,17H,10-12,21H2,1H3. The van der Waals surface area contributed by atoms with Gasteiger partial charge in [0.25, 0.3) is 0 Å². The van der Waals surface area contributed by atoms with Crippen LogP contribution in [0.5, 0.6) is 0 Å². The lowest BCUT2D eigenvalue weighted by Gasteiger charge is -2.24. The number of carbonyl (C=O) groups is 2. The Morgan fingerprint density at radius 3 is 2.60 bits per heavy atom. The van der Waals surface area contributed by atoms with Crippen LogP contribution >= 0.6 is 0 Å². The molecule has 1 aliphatic rings. The maximum atomic E-state index is 13.9. The van der Waals surface area contributed by atoms with E-state index in [1.165, 1.54) is 15.9 Å². The van der Waals surface area contributed by atoms with Crippen molar-refractivity contribution in [1.29, 1.82) is 0 Å². The minimum atomic E-state index is -0.569. The largest absolute Gasteiger partial charge is 0.399 e. The lowest BCUT2D eigenvalue weighted by molar-refractivity contribution is -0.136. The highest BCUT2D eigenvalue weighted by Gasteiger charge is 2.37. The summed E-state index contributed by atoms with van der Waals surface area (Å²) in [6.45, 7) is 0.393. The van der Waals surface area contributed by atoms with Crippen LogP contribution < -0.4 is 10.6 Å². The van der Waals surface area contributed by atoms with E-state index in [1.807, 2.05) is 0 Å². The van der Waals surface area contributed by atoms with Crippen molar-refractivity contribution >= 4 is 23.2 Å². The molecule has 0 aliphatic carbocycles. The van der Waals surface area contributed by atoms with Crippen LogP contribution in [0, 0.1) is 5.82 Å². The molecule has 3 rings (SSSR count). The Morgan fingerprint density at radius 1 is 1.24 bits per heavy atom. The van der Waals surface area contributed by atoms with Crippen molar-refractivity contribution in [2.24, 2.45) is 0 Å². The summed E-state index contributed by atoms with van der Waals surface area (Å²) in [5.74, 6) is -0.843. The molecule has 2 N–H and O–H groups in total. The smallest absolute Gasteiger partial charge is 0.249 e. The highest BCUT2D eigenvalue weighted by atomic mass is 19.1. The summed E-state index contributed by atoms with van der Waals surface area (Å²) >= 11 is 0. The third kappa shape index (κ3) is 3.47. The monoisotopic (exact) mass is 341 g/mol. The van der Waals surface area contributed by atoms with E-state index >= 15 is 0 Å². The van der Waals surface area contributed by atoms with Crippen molar-refractivity contribution < 1.29 is 14.0 Å². The first-order valence-corrected chi connectivity index (χ1v) is 8.13. The molecule has 2 aromatic carbocycles. The van der Waals surface area contributed by atoms with Gasteiger partial charge in [-0.1, -0.05) is 24.3 Å². The zero-order chi connectivity index (χ0) is 18.0. The predicted octanol–water partition coefficient (Wildman–Crippen LogP) is 2.21. The van der Waals surface area contributed by atoms with Crippen molar-refractivity contribution in [1.82, 2.24) is 4.90 Å². The average Bonchev–Trinajstić information content (AvgIpc) is 2.98. The summed E-state index contributed by atoms with van der Waals surface area (Å²) in [5.41, 5.74) is 7.37. The molecule has 1 fully saturated rings. The van der Waals surface area contributed by atoms with E-state index in [0.29, 0.717) is 18.7 Å². The fourth-order valence-electron chi connectivity index (χ4n) is 3.04. The summed E-state index contributed by atoms with van der Waals surface area (Å²) in [5, 5.41) is 0. The summed E-state index contributed by atoms with van der Waals surface area (Å²) in [7, 11) is 1.62. The van der Waals surface area contributed by atoms with Gasteiger partial charge in [0.1, 0.15) is 11.9 Å². The third-order valence-corrected chi connectivity index (χ3v) is 4.52. The van der Waals surface area contributed by atoms with E-state index in [-0.39, 0.29) is 23.9 Å². The normalized spacial score (nSPS) is 17.0. The Labute approximate surface area is 145 Å². The molecule has 1 heterocycles. The molecular formula is C19H20FN3O2. The number of nitrogens with two attached hydrogens (primary N) is 1. The number of benzene rings is 2. The fraction of sp³-hybridized carbons (Fsp3) is 0.263. The van der Waals surface area contributed by atoms with Crippen molar-refractivity contribution in [2.75, 3.05) is 24.2 Å². The number of para-hydroxylation sites is 1. The van der Waals surface area contributed by atoms with Crippen LogP contribution in [-0.2, 0) is 16.0 Å².